The molecule has 1 rings (SSSR count). The summed E-state index contributed by atoms with van der Waals surface area (Å²) in [7, 11) is -3.17. The molecule has 0 saturated carbocycles. The van der Waals surface area contributed by atoms with E-state index in [1.54, 1.807) is 0 Å². The van der Waals surface area contributed by atoms with Crippen molar-refractivity contribution in [2.24, 2.45) is 0 Å². The second-order valence-electron chi connectivity index (χ2n) is 4.02. The largest absolute Gasteiger partial charge is 0.481 e. The van der Waals surface area contributed by atoms with Gasteiger partial charge in [-0.05, 0) is 18.9 Å². The molecule has 1 atom stereocenters. The maximum absolute atomic E-state index is 11.3. The molecule has 18 heavy (non-hydrogen) atoms. The number of carboxylic acids is 1. The molecule has 0 bridgehead atoms. The Morgan fingerprint density at radius 2 is 2.06 bits per heavy atom. The van der Waals surface area contributed by atoms with Crippen LogP contribution in [0.1, 0.15) is 19.3 Å². The first kappa shape index (κ1) is 14.5. The second kappa shape index (κ2) is 6.39. The summed E-state index contributed by atoms with van der Waals surface area (Å²) in [6.07, 6.45) is 2.57. The number of nitrogens with one attached hydrogen (secondary N) is 2. The fraction of sp³-hybridized carbons (Fsp3) is 0.600. The van der Waals surface area contributed by atoms with Gasteiger partial charge in [0.15, 0.2) is 9.84 Å². The van der Waals surface area contributed by atoms with Crippen molar-refractivity contribution in [2.45, 2.75) is 25.3 Å². The monoisotopic (exact) mass is 276 g/mol. The van der Waals surface area contributed by atoms with E-state index >= 15 is 0 Å². The Balaban J connectivity index is 2.12. The van der Waals surface area contributed by atoms with E-state index in [0.717, 1.165) is 5.41 Å². The number of carboxylic acid groups (broad SMARTS) is 1. The van der Waals surface area contributed by atoms with Crippen LogP contribution in [0.4, 0.5) is 4.79 Å². The van der Waals surface area contributed by atoms with Crippen LogP contribution in [0.5, 0.6) is 0 Å². The zero-order valence-corrected chi connectivity index (χ0v) is 10.6. The predicted molar refractivity (Wildman–Crippen MR) is 64.7 cm³/mol. The molecule has 102 valence electrons. The summed E-state index contributed by atoms with van der Waals surface area (Å²) in [4.78, 5) is 21.6. The Labute approximate surface area is 105 Å². The van der Waals surface area contributed by atoms with Crippen LogP contribution < -0.4 is 10.6 Å². The Bertz CT molecular complexity index is 443. The minimum atomic E-state index is -3.17. The molecule has 7 nitrogen and oxygen atoms in total. The van der Waals surface area contributed by atoms with Crippen molar-refractivity contribution in [3.63, 3.8) is 0 Å². The fourth-order valence-electron chi connectivity index (χ4n) is 1.49. The van der Waals surface area contributed by atoms with Crippen LogP contribution in [-0.2, 0) is 14.6 Å². The summed E-state index contributed by atoms with van der Waals surface area (Å²) in [5.74, 6) is -0.972. The van der Waals surface area contributed by atoms with Crippen molar-refractivity contribution in [3.05, 3.63) is 11.5 Å². The lowest BCUT2D eigenvalue weighted by molar-refractivity contribution is -0.137. The first-order chi connectivity index (χ1) is 8.39. The smallest absolute Gasteiger partial charge is 0.315 e. The van der Waals surface area contributed by atoms with Gasteiger partial charge >= 0.3 is 12.0 Å². The third-order valence-electron chi connectivity index (χ3n) is 2.35. The lowest BCUT2D eigenvalue weighted by atomic mass is 10.2. The number of carbonyl (C=O) groups excluding carboxylic acids is 1. The summed E-state index contributed by atoms with van der Waals surface area (Å²) in [6, 6.07) is -0.939. The Hall–Kier alpha value is -1.57. The number of hydrogen-bond acceptors (Lipinski definition) is 4. The molecule has 0 aromatic heterocycles. The van der Waals surface area contributed by atoms with E-state index in [9.17, 15) is 18.0 Å². The number of aliphatic carboxylic acids is 1. The number of sulfone groups is 1. The number of unbranched alkanes of at least 4 members (excludes halogenated alkanes) is 1. The Kier molecular flexibility index (Phi) is 5.14. The summed E-state index contributed by atoms with van der Waals surface area (Å²) in [5.41, 5.74) is 0. The molecule has 1 unspecified atom stereocenters. The zero-order chi connectivity index (χ0) is 13.6. The van der Waals surface area contributed by atoms with E-state index in [-0.39, 0.29) is 12.2 Å². The molecule has 0 fully saturated rings. The number of carbonyl (C=O) groups is 2. The van der Waals surface area contributed by atoms with Crippen LogP contribution >= 0.6 is 0 Å². The molecule has 0 radical (unpaired) electrons. The molecule has 0 saturated heterocycles. The molecule has 0 spiro atoms. The first-order valence-corrected chi connectivity index (χ1v) is 7.28. The van der Waals surface area contributed by atoms with Gasteiger partial charge in [-0.2, -0.15) is 0 Å². The Morgan fingerprint density at radius 3 is 2.61 bits per heavy atom. The Morgan fingerprint density at radius 1 is 1.33 bits per heavy atom. The zero-order valence-electron chi connectivity index (χ0n) is 9.76. The van der Waals surface area contributed by atoms with Gasteiger partial charge in [-0.1, -0.05) is 0 Å². The average Bonchev–Trinajstić information content (AvgIpc) is 2.57. The van der Waals surface area contributed by atoms with E-state index in [1.165, 1.54) is 6.08 Å². The van der Waals surface area contributed by atoms with Gasteiger partial charge in [0.1, 0.15) is 0 Å². The molecule has 8 heteroatoms. The van der Waals surface area contributed by atoms with E-state index in [1.807, 2.05) is 0 Å². The molecule has 1 heterocycles. The van der Waals surface area contributed by atoms with Gasteiger partial charge in [-0.3, -0.25) is 4.79 Å². The van der Waals surface area contributed by atoms with Gasteiger partial charge in [0.05, 0.1) is 11.8 Å². The minimum absolute atomic E-state index is 0.0763. The van der Waals surface area contributed by atoms with Crippen LogP contribution in [-0.4, -0.2) is 43.9 Å². The molecule has 0 aliphatic carbocycles. The highest BCUT2D eigenvalue weighted by atomic mass is 32.2. The van der Waals surface area contributed by atoms with Crippen LogP contribution in [0.25, 0.3) is 0 Å². The van der Waals surface area contributed by atoms with Crippen LogP contribution in [0.2, 0.25) is 0 Å². The number of hydrogen-bond donors (Lipinski definition) is 3. The normalized spacial score (nSPS) is 20.6. The van der Waals surface area contributed by atoms with Gasteiger partial charge in [-0.25, -0.2) is 13.2 Å². The van der Waals surface area contributed by atoms with Gasteiger partial charge in [-0.15, -0.1) is 0 Å². The fourth-order valence-corrected chi connectivity index (χ4v) is 2.72. The SMILES string of the molecule is O=C(O)CCCCNC(=O)NC1C=CS(=O)(=O)C1. The maximum Gasteiger partial charge on any atom is 0.315 e. The summed E-state index contributed by atoms with van der Waals surface area (Å²) in [5, 5.41) is 14.5. The lowest BCUT2D eigenvalue weighted by Crippen LogP contribution is -2.42. The number of urea groups is 1. The summed E-state index contributed by atoms with van der Waals surface area (Å²) < 4.78 is 22.1. The van der Waals surface area contributed by atoms with Crippen molar-refractivity contribution in [1.82, 2.24) is 10.6 Å². The molecular formula is C10H16N2O5S. The lowest BCUT2D eigenvalue weighted by Gasteiger charge is -2.10. The van der Waals surface area contributed by atoms with Gasteiger partial charge in [0, 0.05) is 18.4 Å². The van der Waals surface area contributed by atoms with E-state index in [2.05, 4.69) is 10.6 Å². The van der Waals surface area contributed by atoms with E-state index < -0.39 is 27.9 Å². The van der Waals surface area contributed by atoms with Gasteiger partial charge in [0.25, 0.3) is 0 Å². The standard InChI is InChI=1S/C10H16N2O5S/c13-9(14)3-1-2-5-11-10(15)12-8-4-6-18(16,17)7-8/h4,6,8H,1-3,5,7H2,(H,13,14)(H2,11,12,15). The molecule has 1 aliphatic rings. The molecule has 0 aromatic rings. The van der Waals surface area contributed by atoms with E-state index in [0.29, 0.717) is 19.4 Å². The highest BCUT2D eigenvalue weighted by molar-refractivity contribution is 7.94. The minimum Gasteiger partial charge on any atom is -0.481 e. The van der Waals surface area contributed by atoms with Crippen molar-refractivity contribution in [3.8, 4) is 0 Å². The highest BCUT2D eigenvalue weighted by Crippen LogP contribution is 2.07. The number of amides is 2. The van der Waals surface area contributed by atoms with Crippen LogP contribution in [0.15, 0.2) is 11.5 Å². The third kappa shape index (κ3) is 5.67. The number of rotatable bonds is 6. The topological polar surface area (TPSA) is 113 Å². The molecule has 3 N–H and O–H groups in total. The van der Waals surface area contributed by atoms with Crippen LogP contribution in [0.3, 0.4) is 0 Å². The molecule has 0 aromatic carbocycles. The van der Waals surface area contributed by atoms with Crippen LogP contribution in [0, 0.1) is 0 Å². The van der Waals surface area contributed by atoms with Gasteiger partial charge < -0.3 is 15.7 Å². The van der Waals surface area contributed by atoms with Crippen molar-refractivity contribution >= 4 is 21.8 Å². The van der Waals surface area contributed by atoms with Crippen molar-refractivity contribution in [1.29, 1.82) is 0 Å². The predicted octanol–water partition coefficient (Wildman–Crippen LogP) is -0.149. The second-order valence-corrected chi connectivity index (χ2v) is 5.95. The quantitative estimate of drug-likeness (QED) is 0.584. The average molecular weight is 276 g/mol. The summed E-state index contributed by atoms with van der Waals surface area (Å²) in [6.45, 7) is 0.363. The maximum atomic E-state index is 11.3. The van der Waals surface area contributed by atoms with E-state index in [4.69, 9.17) is 5.11 Å². The first-order valence-electron chi connectivity index (χ1n) is 5.56. The molecule has 1 aliphatic heterocycles. The van der Waals surface area contributed by atoms with Crippen molar-refractivity contribution in [2.75, 3.05) is 12.3 Å². The highest BCUT2D eigenvalue weighted by Gasteiger charge is 2.22. The summed E-state index contributed by atoms with van der Waals surface area (Å²) >= 11 is 0. The van der Waals surface area contributed by atoms with Crippen molar-refractivity contribution < 1.29 is 23.1 Å². The molecular weight excluding hydrogens is 260 g/mol. The third-order valence-corrected chi connectivity index (χ3v) is 3.75. The van der Waals surface area contributed by atoms with Gasteiger partial charge in [0.2, 0.25) is 0 Å². The molecule has 2 amide bonds.